The number of hydrogen-bond acceptors (Lipinski definition) is 8. The Kier molecular flexibility index (Phi) is 8.59. The normalized spacial score (nSPS) is 18.0. The third-order valence-electron chi connectivity index (χ3n) is 10.9. The van der Waals surface area contributed by atoms with Crippen LogP contribution in [0.3, 0.4) is 0 Å². The summed E-state index contributed by atoms with van der Waals surface area (Å²) < 4.78 is 77.6. The van der Waals surface area contributed by atoms with Crippen LogP contribution in [0.15, 0.2) is 40.1 Å². The topological polar surface area (TPSA) is 145 Å². The standard InChI is InChI=1S/C37H44N4O6S2/c38-15-3-1-2-4-16-39-48(42,43)32-23-26(49(44,45)46)13-14-27(32)33-30-21-24-9-5-17-40-19-7-11-28(34(24)40)36(30)47-37-29-12-8-20-41-18-6-10-25(35(29)41)22-31(33)37/h13-14,21-23,39H,1-12,15-20,38H2. The molecule has 3 N–H and O–H groups in total. The van der Waals surface area contributed by atoms with E-state index >= 15 is 0 Å². The Morgan fingerprint density at radius 1 is 0.816 bits per heavy atom. The van der Waals surface area contributed by atoms with E-state index < -0.39 is 25.0 Å². The lowest BCUT2D eigenvalue weighted by Gasteiger charge is -2.39. The molecule has 0 bridgehead atoms. The highest BCUT2D eigenvalue weighted by atomic mass is 32.2. The Morgan fingerprint density at radius 2 is 1.55 bits per heavy atom. The van der Waals surface area contributed by atoms with Crippen molar-refractivity contribution >= 4 is 31.4 Å². The number of nitrogens with one attached hydrogen (secondary N) is 1. The van der Waals surface area contributed by atoms with Crippen molar-refractivity contribution in [3.63, 3.8) is 0 Å². The fraction of sp³-hybridized carbons (Fsp3) is 0.486. The zero-order chi connectivity index (χ0) is 33.9. The zero-order valence-corrected chi connectivity index (χ0v) is 29.5. The maximum atomic E-state index is 14.2. The summed E-state index contributed by atoms with van der Waals surface area (Å²) >= 11 is 0. The Hall–Kier alpha value is -3.29. The predicted octanol–water partition coefficient (Wildman–Crippen LogP) is 2.82. The molecule has 3 aromatic rings. The van der Waals surface area contributed by atoms with E-state index in [0.717, 1.165) is 142 Å². The van der Waals surface area contributed by atoms with Gasteiger partial charge in [0.25, 0.3) is 0 Å². The summed E-state index contributed by atoms with van der Waals surface area (Å²) in [4.78, 5) is 1.69. The fourth-order valence-corrected chi connectivity index (χ4v) is 10.7. The second-order valence-corrected chi connectivity index (χ2v) is 17.2. The zero-order valence-electron chi connectivity index (χ0n) is 27.9. The average molecular weight is 705 g/mol. The predicted molar refractivity (Wildman–Crippen MR) is 187 cm³/mol. The highest BCUT2D eigenvalue weighted by Gasteiger charge is 2.37. The molecule has 0 spiro atoms. The second kappa shape index (κ2) is 12.8. The molecule has 0 radical (unpaired) electrons. The number of aryl methyl sites for hydroxylation is 2. The molecule has 0 unspecified atom stereocenters. The molecule has 0 saturated carbocycles. The van der Waals surface area contributed by atoms with Gasteiger partial charge in [-0.2, -0.15) is 0 Å². The van der Waals surface area contributed by atoms with Gasteiger partial charge in [0.1, 0.15) is 34.7 Å². The van der Waals surface area contributed by atoms with Crippen LogP contribution in [0.1, 0.15) is 84.7 Å². The monoisotopic (exact) mass is 704 g/mol. The van der Waals surface area contributed by atoms with Gasteiger partial charge in [0.05, 0.1) is 15.4 Å². The molecule has 5 aliphatic rings. The lowest BCUT2D eigenvalue weighted by molar-refractivity contribution is 0.431. The molecule has 0 aliphatic carbocycles. The van der Waals surface area contributed by atoms with Crippen LogP contribution >= 0.6 is 0 Å². The molecule has 5 aliphatic heterocycles. The van der Waals surface area contributed by atoms with E-state index in [-0.39, 0.29) is 11.4 Å². The molecule has 0 amide bonds. The lowest BCUT2D eigenvalue weighted by Crippen LogP contribution is -2.45. The summed E-state index contributed by atoms with van der Waals surface area (Å²) in [5, 5.41) is 2.08. The van der Waals surface area contributed by atoms with Gasteiger partial charge in [0.2, 0.25) is 15.4 Å². The first-order chi connectivity index (χ1) is 23.7. The van der Waals surface area contributed by atoms with Gasteiger partial charge < -0.3 is 19.9 Å². The molecule has 0 atom stereocenters. The quantitative estimate of drug-likeness (QED) is 0.146. The van der Waals surface area contributed by atoms with Crippen LogP contribution < -0.4 is 35.2 Å². The summed E-state index contributed by atoms with van der Waals surface area (Å²) in [7, 11) is -9.17. The minimum Gasteiger partial charge on any atom is -0.744 e. The van der Waals surface area contributed by atoms with Crippen molar-refractivity contribution < 1.29 is 26.1 Å². The van der Waals surface area contributed by atoms with Gasteiger partial charge in [-0.25, -0.2) is 26.1 Å². The molecule has 5 heterocycles. The Balaban J connectivity index is 1.41. The molecule has 3 aromatic carbocycles. The van der Waals surface area contributed by atoms with E-state index in [9.17, 15) is 21.4 Å². The molecular weight excluding hydrogens is 661 g/mol. The number of sulfonamides is 1. The van der Waals surface area contributed by atoms with E-state index in [1.54, 1.807) is 0 Å². The molecule has 0 aromatic heterocycles. The van der Waals surface area contributed by atoms with E-state index in [0.29, 0.717) is 18.5 Å². The first kappa shape index (κ1) is 32.9. The largest absolute Gasteiger partial charge is 0.744 e. The number of rotatable bonds is 10. The number of anilines is 1. The van der Waals surface area contributed by atoms with Crippen molar-refractivity contribution in [2.75, 3.05) is 44.2 Å². The van der Waals surface area contributed by atoms with Crippen LogP contribution in [0.25, 0.3) is 5.57 Å². The SMILES string of the molecule is NCCCCCCNS(=O)(=O)c1cc(S(=O)(=O)[O-])ccc1C1=c2cc3c4c(c2Oc2c1cc1c5c2CCCN5CCC1)CCC[N+]=4CCC3. The summed E-state index contributed by atoms with van der Waals surface area (Å²) in [6.07, 6.45) is 10.8. The third kappa shape index (κ3) is 5.79. The lowest BCUT2D eigenvalue weighted by atomic mass is 9.82. The Labute approximate surface area is 288 Å². The van der Waals surface area contributed by atoms with Crippen LogP contribution in [0, 0.1) is 0 Å². The van der Waals surface area contributed by atoms with E-state index in [1.165, 1.54) is 34.3 Å². The molecule has 12 heteroatoms. The van der Waals surface area contributed by atoms with Gasteiger partial charge in [0.15, 0.2) is 0 Å². The average Bonchev–Trinajstić information content (AvgIpc) is 3.09. The minimum atomic E-state index is -4.93. The van der Waals surface area contributed by atoms with Gasteiger partial charge >= 0.3 is 0 Å². The van der Waals surface area contributed by atoms with E-state index in [1.807, 2.05) is 0 Å². The van der Waals surface area contributed by atoms with Crippen LogP contribution in [-0.4, -0.2) is 60.7 Å². The van der Waals surface area contributed by atoms with E-state index in [4.69, 9.17) is 10.5 Å². The Morgan fingerprint density at radius 3 is 2.35 bits per heavy atom. The van der Waals surface area contributed by atoms with Gasteiger partial charge in [-0.05, 0) is 87.7 Å². The first-order valence-corrected chi connectivity index (χ1v) is 20.8. The van der Waals surface area contributed by atoms with Crippen molar-refractivity contribution in [3.05, 3.63) is 74.3 Å². The summed E-state index contributed by atoms with van der Waals surface area (Å²) in [6.45, 7) is 4.79. The number of nitrogens with two attached hydrogens (primary N) is 1. The van der Waals surface area contributed by atoms with E-state index in [2.05, 4.69) is 26.3 Å². The molecule has 8 rings (SSSR count). The van der Waals surface area contributed by atoms with Gasteiger partial charge in [-0.15, -0.1) is 0 Å². The highest BCUT2D eigenvalue weighted by molar-refractivity contribution is 7.89. The van der Waals surface area contributed by atoms with Gasteiger partial charge in [0, 0.05) is 71.2 Å². The number of hydrogen-bond donors (Lipinski definition) is 2. The first-order valence-electron chi connectivity index (χ1n) is 17.9. The van der Waals surface area contributed by atoms with Crippen LogP contribution in [-0.2, 0) is 45.8 Å². The maximum Gasteiger partial charge on any atom is 0.241 e. The number of unbranched alkanes of at least 4 members (excludes halogenated alkanes) is 3. The molecular formula is C37H44N4O6S2. The molecule has 0 fully saturated rings. The van der Waals surface area contributed by atoms with Crippen LogP contribution in [0.5, 0.6) is 11.5 Å². The van der Waals surface area contributed by atoms with Crippen molar-refractivity contribution in [3.8, 4) is 11.5 Å². The van der Waals surface area contributed by atoms with Crippen LogP contribution in [0.4, 0.5) is 5.69 Å². The summed E-state index contributed by atoms with van der Waals surface area (Å²) in [5.74, 6) is 1.54. The minimum absolute atomic E-state index is 0.188. The number of ether oxygens (including phenoxy) is 1. The van der Waals surface area contributed by atoms with Gasteiger partial charge in [-0.3, -0.25) is 0 Å². The highest BCUT2D eigenvalue weighted by Crippen LogP contribution is 2.49. The molecule has 10 nitrogen and oxygen atoms in total. The summed E-state index contributed by atoms with van der Waals surface area (Å²) in [5.41, 5.74) is 13.6. The van der Waals surface area contributed by atoms with Gasteiger partial charge in [-0.1, -0.05) is 18.9 Å². The number of fused-ring (bicyclic) bond motifs is 4. The maximum absolute atomic E-state index is 14.2. The van der Waals surface area contributed by atoms with Crippen molar-refractivity contribution in [1.29, 1.82) is 0 Å². The van der Waals surface area contributed by atoms with Crippen LogP contribution in [0.2, 0.25) is 0 Å². The van der Waals surface area contributed by atoms with Crippen molar-refractivity contribution in [2.45, 2.75) is 86.8 Å². The fourth-order valence-electron chi connectivity index (χ4n) is 8.80. The van der Waals surface area contributed by atoms with Crippen molar-refractivity contribution in [2.24, 2.45) is 5.73 Å². The molecule has 49 heavy (non-hydrogen) atoms. The van der Waals surface area contributed by atoms with Crippen molar-refractivity contribution in [1.82, 2.24) is 9.30 Å². The second-order valence-electron chi connectivity index (χ2n) is 14.1. The summed E-state index contributed by atoms with van der Waals surface area (Å²) in [6, 6.07) is 8.18. The third-order valence-corrected chi connectivity index (χ3v) is 13.2. The number of benzene rings is 3. The smallest absolute Gasteiger partial charge is 0.241 e. The number of nitrogens with zero attached hydrogens (tertiary/aromatic N) is 2. The molecule has 0 saturated heterocycles. The Bertz CT molecular complexity index is 2210. The molecule has 260 valence electrons.